The average molecular weight is 389 g/mol. The summed E-state index contributed by atoms with van der Waals surface area (Å²) < 4.78 is 45.1. The Kier molecular flexibility index (Phi) is 6.36. The third-order valence-electron chi connectivity index (χ3n) is 4.12. The number of benzene rings is 1. The van der Waals surface area contributed by atoms with E-state index in [1.54, 1.807) is 24.1 Å². The zero-order valence-electron chi connectivity index (χ0n) is 14.2. The maximum absolute atomic E-state index is 13.2. The van der Waals surface area contributed by atoms with Crippen LogP contribution in [-0.2, 0) is 17.5 Å². The Morgan fingerprint density at radius 1 is 1.23 bits per heavy atom. The Bertz CT molecular complexity index is 757. The maximum Gasteiger partial charge on any atom is 0.417 e. The summed E-state index contributed by atoms with van der Waals surface area (Å²) in [5, 5.41) is 2.82. The number of halogens is 4. The molecule has 0 aliphatic heterocycles. The predicted octanol–water partition coefficient (Wildman–Crippen LogP) is 4.10. The van der Waals surface area contributed by atoms with Crippen LogP contribution < -0.4 is 5.32 Å². The van der Waals surface area contributed by atoms with Gasteiger partial charge in [0, 0.05) is 11.6 Å². The molecule has 0 radical (unpaired) electrons. The van der Waals surface area contributed by atoms with Crippen molar-refractivity contribution in [1.29, 1.82) is 0 Å². The second-order valence-electron chi connectivity index (χ2n) is 6.09. The van der Waals surface area contributed by atoms with Crippen LogP contribution in [0.1, 0.15) is 24.2 Å². The quantitative estimate of drug-likeness (QED) is 0.810. The molecule has 1 saturated carbocycles. The van der Waals surface area contributed by atoms with Crippen LogP contribution in [0.5, 0.6) is 0 Å². The number of nitrogens with zero attached hydrogens (tertiary/aromatic N) is 1. The fraction of sp³-hybridized carbons (Fsp3) is 0.389. The summed E-state index contributed by atoms with van der Waals surface area (Å²) in [5.41, 5.74) is -0.734. The van der Waals surface area contributed by atoms with Gasteiger partial charge in [-0.25, -0.2) is 0 Å². The predicted molar refractivity (Wildman–Crippen MR) is 93.9 cm³/mol. The zero-order valence-corrected chi connectivity index (χ0v) is 15.0. The molecule has 0 unspecified atom stereocenters. The molecule has 142 valence electrons. The molecule has 1 aromatic heterocycles. The van der Waals surface area contributed by atoms with Gasteiger partial charge in [-0.05, 0) is 38.1 Å². The first-order valence-electron chi connectivity index (χ1n) is 8.09. The van der Waals surface area contributed by atoms with Crippen LogP contribution in [0.25, 0.3) is 11.3 Å². The molecule has 8 heteroatoms. The van der Waals surface area contributed by atoms with Crippen LogP contribution in [0.3, 0.4) is 0 Å². The highest BCUT2D eigenvalue weighted by Crippen LogP contribution is 2.38. The lowest BCUT2D eigenvalue weighted by atomic mass is 10.1. The molecule has 2 aromatic rings. The van der Waals surface area contributed by atoms with E-state index >= 15 is 0 Å². The van der Waals surface area contributed by atoms with E-state index in [-0.39, 0.29) is 48.8 Å². The van der Waals surface area contributed by atoms with Crippen molar-refractivity contribution in [2.45, 2.75) is 31.6 Å². The van der Waals surface area contributed by atoms with Gasteiger partial charge in [-0.3, -0.25) is 4.79 Å². The van der Waals surface area contributed by atoms with Gasteiger partial charge in [0.1, 0.15) is 11.5 Å². The SMILES string of the molecule is CNCC(=O)N(Cc1ccc(-c2ccccc2C(F)(F)F)o1)C1CC1.Cl. The lowest BCUT2D eigenvalue weighted by Gasteiger charge is -2.21. The Hall–Kier alpha value is -1.99. The monoisotopic (exact) mass is 388 g/mol. The van der Waals surface area contributed by atoms with Crippen LogP contribution in [-0.4, -0.2) is 30.4 Å². The number of furan rings is 1. The van der Waals surface area contributed by atoms with Gasteiger partial charge in [-0.2, -0.15) is 13.2 Å². The van der Waals surface area contributed by atoms with Gasteiger partial charge in [-0.1, -0.05) is 18.2 Å². The first-order valence-corrected chi connectivity index (χ1v) is 8.09. The molecule has 0 bridgehead atoms. The highest BCUT2D eigenvalue weighted by molar-refractivity contribution is 5.85. The lowest BCUT2D eigenvalue weighted by molar-refractivity contribution is -0.137. The van der Waals surface area contributed by atoms with Crippen molar-refractivity contribution in [2.24, 2.45) is 0 Å². The van der Waals surface area contributed by atoms with Crippen LogP contribution in [0.15, 0.2) is 40.8 Å². The van der Waals surface area contributed by atoms with E-state index < -0.39 is 11.7 Å². The van der Waals surface area contributed by atoms with Gasteiger partial charge in [0.15, 0.2) is 0 Å². The van der Waals surface area contributed by atoms with Gasteiger partial charge >= 0.3 is 6.18 Å². The largest absolute Gasteiger partial charge is 0.459 e. The number of likely N-dealkylation sites (N-methyl/N-ethyl adjacent to an activating group) is 1. The minimum absolute atomic E-state index is 0. The van der Waals surface area contributed by atoms with E-state index in [0.717, 1.165) is 18.9 Å². The number of rotatable bonds is 6. The third-order valence-corrected chi connectivity index (χ3v) is 4.12. The molecule has 0 atom stereocenters. The molecule has 26 heavy (non-hydrogen) atoms. The molecule has 0 saturated heterocycles. The number of carbonyl (C=O) groups is 1. The van der Waals surface area contributed by atoms with E-state index in [9.17, 15) is 18.0 Å². The molecule has 1 N–H and O–H groups in total. The van der Waals surface area contributed by atoms with Crippen LogP contribution >= 0.6 is 12.4 Å². The Labute approximate surface area is 155 Å². The number of alkyl halides is 3. The Morgan fingerprint density at radius 2 is 1.92 bits per heavy atom. The van der Waals surface area contributed by atoms with E-state index in [4.69, 9.17) is 4.42 Å². The second kappa shape index (κ2) is 8.14. The molecule has 1 heterocycles. The molecule has 1 aliphatic rings. The van der Waals surface area contributed by atoms with Gasteiger partial charge < -0.3 is 14.6 Å². The highest BCUT2D eigenvalue weighted by atomic mass is 35.5. The molecule has 4 nitrogen and oxygen atoms in total. The van der Waals surface area contributed by atoms with Crippen molar-refractivity contribution in [3.05, 3.63) is 47.7 Å². The highest BCUT2D eigenvalue weighted by Gasteiger charge is 2.35. The molecule has 1 aliphatic carbocycles. The summed E-state index contributed by atoms with van der Waals surface area (Å²) in [4.78, 5) is 13.9. The number of hydrogen-bond donors (Lipinski definition) is 1. The fourth-order valence-corrected chi connectivity index (χ4v) is 2.78. The van der Waals surface area contributed by atoms with Crippen LogP contribution in [0.2, 0.25) is 0 Å². The first kappa shape index (κ1) is 20.3. The smallest absolute Gasteiger partial charge is 0.417 e. The third kappa shape index (κ3) is 4.59. The van der Waals surface area contributed by atoms with Crippen molar-refractivity contribution in [3.8, 4) is 11.3 Å². The van der Waals surface area contributed by atoms with Gasteiger partial charge in [0.2, 0.25) is 5.91 Å². The number of hydrogen-bond acceptors (Lipinski definition) is 3. The zero-order chi connectivity index (χ0) is 18.0. The van der Waals surface area contributed by atoms with Crippen molar-refractivity contribution >= 4 is 18.3 Å². The summed E-state index contributed by atoms with van der Waals surface area (Å²) in [6, 6.07) is 8.65. The fourth-order valence-electron chi connectivity index (χ4n) is 2.78. The summed E-state index contributed by atoms with van der Waals surface area (Å²) >= 11 is 0. The molecule has 3 rings (SSSR count). The number of nitrogens with one attached hydrogen (secondary N) is 1. The second-order valence-corrected chi connectivity index (χ2v) is 6.09. The number of amides is 1. The van der Waals surface area contributed by atoms with Gasteiger partial charge in [-0.15, -0.1) is 12.4 Å². The Morgan fingerprint density at radius 3 is 2.54 bits per heavy atom. The minimum Gasteiger partial charge on any atom is -0.459 e. The van der Waals surface area contributed by atoms with E-state index in [2.05, 4.69) is 5.32 Å². The summed E-state index contributed by atoms with van der Waals surface area (Å²) in [6.07, 6.45) is -2.56. The molecule has 1 amide bonds. The van der Waals surface area contributed by atoms with Crippen LogP contribution in [0, 0.1) is 0 Å². The van der Waals surface area contributed by atoms with Gasteiger partial charge in [0.05, 0.1) is 18.7 Å². The number of carbonyl (C=O) groups excluding carboxylic acids is 1. The first-order chi connectivity index (χ1) is 11.9. The molecular weight excluding hydrogens is 369 g/mol. The van der Waals surface area contributed by atoms with Crippen molar-refractivity contribution in [3.63, 3.8) is 0 Å². The summed E-state index contributed by atoms with van der Waals surface area (Å²) in [5.74, 6) is 0.585. The standard InChI is InChI=1S/C18H19F3N2O2.ClH/c1-22-10-17(24)23(12-6-7-12)11-13-8-9-16(25-13)14-4-2-3-5-15(14)18(19,20)21;/h2-5,8-9,12,22H,6-7,10-11H2,1H3;1H. The maximum atomic E-state index is 13.2. The molecule has 1 fully saturated rings. The molecule has 1 aromatic carbocycles. The molecule has 0 spiro atoms. The molecular formula is C18H20ClF3N2O2. The lowest BCUT2D eigenvalue weighted by Crippen LogP contribution is -2.38. The Balaban J connectivity index is 0.00000243. The minimum atomic E-state index is -4.45. The van der Waals surface area contributed by atoms with E-state index in [0.29, 0.717) is 5.76 Å². The van der Waals surface area contributed by atoms with Crippen molar-refractivity contribution in [1.82, 2.24) is 10.2 Å². The normalized spacial score (nSPS) is 14.0. The van der Waals surface area contributed by atoms with Gasteiger partial charge in [0.25, 0.3) is 0 Å². The van der Waals surface area contributed by atoms with E-state index in [1.807, 2.05) is 0 Å². The average Bonchev–Trinajstić information content (AvgIpc) is 3.30. The van der Waals surface area contributed by atoms with Crippen molar-refractivity contribution < 1.29 is 22.4 Å². The summed E-state index contributed by atoms with van der Waals surface area (Å²) in [7, 11) is 1.70. The van der Waals surface area contributed by atoms with Crippen LogP contribution in [0.4, 0.5) is 13.2 Å². The van der Waals surface area contributed by atoms with E-state index in [1.165, 1.54) is 18.2 Å². The van der Waals surface area contributed by atoms with Crippen molar-refractivity contribution in [2.75, 3.05) is 13.6 Å². The summed E-state index contributed by atoms with van der Waals surface area (Å²) in [6.45, 7) is 0.486. The topological polar surface area (TPSA) is 45.5 Å².